The molecule has 0 aliphatic carbocycles. The molecule has 1 aromatic heterocycles. The van der Waals surface area contributed by atoms with Gasteiger partial charge in [-0.25, -0.2) is 0 Å². The van der Waals surface area contributed by atoms with E-state index in [0.29, 0.717) is 18.3 Å². The Balaban J connectivity index is 1.86. The summed E-state index contributed by atoms with van der Waals surface area (Å²) < 4.78 is 16.5. The Kier molecular flexibility index (Phi) is 3.79. The van der Waals surface area contributed by atoms with Crippen molar-refractivity contribution < 1.29 is 14.0 Å². The molecule has 3 rings (SSSR count). The van der Waals surface area contributed by atoms with Crippen LogP contribution in [-0.2, 0) is 4.74 Å². The van der Waals surface area contributed by atoms with Crippen molar-refractivity contribution in [2.45, 2.75) is 32.4 Å². The Morgan fingerprint density at radius 1 is 1.43 bits per heavy atom. The Morgan fingerprint density at radius 2 is 2.29 bits per heavy atom. The Bertz CT molecular complexity index is 626. The number of hydrogen-bond donors (Lipinski definition) is 1. The van der Waals surface area contributed by atoms with Gasteiger partial charge in [-0.3, -0.25) is 0 Å². The fourth-order valence-electron chi connectivity index (χ4n) is 2.54. The predicted molar refractivity (Wildman–Crippen MR) is 77.4 cm³/mol. The predicted octanol–water partition coefficient (Wildman–Crippen LogP) is 3.02. The van der Waals surface area contributed by atoms with Crippen LogP contribution in [0.5, 0.6) is 5.75 Å². The van der Waals surface area contributed by atoms with Gasteiger partial charge >= 0.3 is 0 Å². The molecule has 0 spiro atoms. The van der Waals surface area contributed by atoms with E-state index in [0.717, 1.165) is 23.4 Å². The van der Waals surface area contributed by atoms with E-state index in [4.69, 9.17) is 14.0 Å². The largest absolute Gasteiger partial charge is 0.491 e. The fourth-order valence-corrected chi connectivity index (χ4v) is 2.54. The second-order valence-electron chi connectivity index (χ2n) is 5.13. The van der Waals surface area contributed by atoms with E-state index in [1.165, 1.54) is 0 Å². The van der Waals surface area contributed by atoms with Crippen molar-refractivity contribution in [2.24, 2.45) is 0 Å². The molecule has 2 atom stereocenters. The molecule has 0 bridgehead atoms. The number of aromatic nitrogens is 2. The van der Waals surface area contributed by atoms with Crippen LogP contribution < -0.4 is 10.1 Å². The maximum Gasteiger partial charge on any atom is 0.248 e. The number of hydrogen-bond acceptors (Lipinski definition) is 6. The number of rotatable bonds is 4. The molecule has 21 heavy (non-hydrogen) atoms. The highest BCUT2D eigenvalue weighted by Gasteiger charge is 2.24. The van der Waals surface area contributed by atoms with Crippen LogP contribution in [0.25, 0.3) is 0 Å². The zero-order valence-corrected chi connectivity index (χ0v) is 12.4. The molecule has 2 heterocycles. The molecule has 1 aliphatic heterocycles. The van der Waals surface area contributed by atoms with Crippen molar-refractivity contribution >= 4 is 5.69 Å². The van der Waals surface area contributed by atoms with E-state index < -0.39 is 0 Å². The van der Waals surface area contributed by atoms with E-state index in [2.05, 4.69) is 15.5 Å². The monoisotopic (exact) mass is 289 g/mol. The SMILES string of the molecule is COC1CCOc2c(NC(C)c3nc(C)no3)cccc21. The number of methoxy groups -OCH3 is 1. The molecule has 2 unspecified atom stereocenters. The number of fused-ring (bicyclic) bond motifs is 1. The minimum absolute atomic E-state index is 0.0801. The van der Waals surface area contributed by atoms with Gasteiger partial charge < -0.3 is 19.3 Å². The highest BCUT2D eigenvalue weighted by atomic mass is 16.5. The zero-order valence-electron chi connectivity index (χ0n) is 12.4. The summed E-state index contributed by atoms with van der Waals surface area (Å²) in [6, 6.07) is 5.92. The molecule has 112 valence electrons. The normalized spacial score (nSPS) is 18.7. The summed E-state index contributed by atoms with van der Waals surface area (Å²) in [6.45, 7) is 4.43. The Hall–Kier alpha value is -2.08. The van der Waals surface area contributed by atoms with Crippen molar-refractivity contribution in [3.05, 3.63) is 35.5 Å². The molecular formula is C15H19N3O3. The third-order valence-corrected chi connectivity index (χ3v) is 3.59. The first-order valence-corrected chi connectivity index (χ1v) is 7.04. The van der Waals surface area contributed by atoms with Crippen molar-refractivity contribution in [1.82, 2.24) is 10.1 Å². The number of benzene rings is 1. The van der Waals surface area contributed by atoms with E-state index in [-0.39, 0.29) is 12.1 Å². The van der Waals surface area contributed by atoms with Gasteiger partial charge in [-0.2, -0.15) is 4.98 Å². The van der Waals surface area contributed by atoms with Gasteiger partial charge in [-0.15, -0.1) is 0 Å². The van der Waals surface area contributed by atoms with Gasteiger partial charge in [0, 0.05) is 19.1 Å². The third-order valence-electron chi connectivity index (χ3n) is 3.59. The molecule has 1 aromatic carbocycles. The Labute approximate surface area is 123 Å². The number of ether oxygens (including phenoxy) is 2. The van der Waals surface area contributed by atoms with E-state index in [9.17, 15) is 0 Å². The van der Waals surface area contributed by atoms with Crippen molar-refractivity contribution in [1.29, 1.82) is 0 Å². The lowest BCUT2D eigenvalue weighted by molar-refractivity contribution is 0.0639. The molecule has 0 saturated carbocycles. The summed E-state index contributed by atoms with van der Waals surface area (Å²) in [5.74, 6) is 2.03. The lowest BCUT2D eigenvalue weighted by Gasteiger charge is -2.27. The number of aryl methyl sites for hydroxylation is 1. The zero-order chi connectivity index (χ0) is 14.8. The van der Waals surface area contributed by atoms with Gasteiger partial charge in [0.2, 0.25) is 5.89 Å². The summed E-state index contributed by atoms with van der Waals surface area (Å²) in [7, 11) is 1.73. The molecule has 1 aliphatic rings. The topological polar surface area (TPSA) is 69.4 Å². The molecule has 0 saturated heterocycles. The van der Waals surface area contributed by atoms with Gasteiger partial charge in [-0.05, 0) is 19.9 Å². The molecule has 2 aromatic rings. The lowest BCUT2D eigenvalue weighted by Crippen LogP contribution is -2.17. The van der Waals surface area contributed by atoms with Crippen LogP contribution in [0, 0.1) is 6.92 Å². The molecule has 1 N–H and O–H groups in total. The van der Waals surface area contributed by atoms with E-state index >= 15 is 0 Å². The fraction of sp³-hybridized carbons (Fsp3) is 0.467. The smallest absolute Gasteiger partial charge is 0.248 e. The minimum atomic E-state index is -0.0933. The van der Waals surface area contributed by atoms with E-state index in [1.54, 1.807) is 14.0 Å². The van der Waals surface area contributed by atoms with Crippen molar-refractivity contribution in [2.75, 3.05) is 19.0 Å². The van der Waals surface area contributed by atoms with Crippen LogP contribution in [0.4, 0.5) is 5.69 Å². The van der Waals surface area contributed by atoms with Gasteiger partial charge in [0.1, 0.15) is 11.8 Å². The van der Waals surface area contributed by atoms with Gasteiger partial charge in [0.25, 0.3) is 0 Å². The van der Waals surface area contributed by atoms with Gasteiger partial charge in [0.05, 0.1) is 18.4 Å². The second-order valence-corrected chi connectivity index (χ2v) is 5.13. The number of nitrogens with one attached hydrogen (secondary N) is 1. The maximum atomic E-state index is 5.82. The summed E-state index contributed by atoms with van der Waals surface area (Å²) >= 11 is 0. The molecule has 0 radical (unpaired) electrons. The lowest BCUT2D eigenvalue weighted by atomic mass is 10.0. The standard InChI is InChI=1S/C15H19N3O3/c1-9(15-17-10(2)18-21-15)16-12-6-4-5-11-13(19-3)7-8-20-14(11)12/h4-6,9,13,16H,7-8H2,1-3H3. The van der Waals surface area contributed by atoms with Crippen molar-refractivity contribution in [3.8, 4) is 5.75 Å². The molecular weight excluding hydrogens is 270 g/mol. The van der Waals surface area contributed by atoms with Crippen molar-refractivity contribution in [3.63, 3.8) is 0 Å². The van der Waals surface area contributed by atoms with Gasteiger partial charge in [-0.1, -0.05) is 17.3 Å². The second kappa shape index (κ2) is 5.73. The quantitative estimate of drug-likeness (QED) is 0.933. The highest BCUT2D eigenvalue weighted by molar-refractivity contribution is 5.62. The highest BCUT2D eigenvalue weighted by Crippen LogP contribution is 2.40. The van der Waals surface area contributed by atoms with Crippen LogP contribution >= 0.6 is 0 Å². The first-order valence-electron chi connectivity index (χ1n) is 7.04. The van der Waals surface area contributed by atoms with Crippen LogP contribution in [-0.4, -0.2) is 23.9 Å². The van der Waals surface area contributed by atoms with Gasteiger partial charge in [0.15, 0.2) is 5.82 Å². The minimum Gasteiger partial charge on any atom is -0.491 e. The molecule has 6 nitrogen and oxygen atoms in total. The first-order chi connectivity index (χ1) is 10.2. The average molecular weight is 289 g/mol. The molecule has 0 fully saturated rings. The number of nitrogens with zero attached hydrogens (tertiary/aromatic N) is 2. The van der Waals surface area contributed by atoms with Crippen LogP contribution in [0.3, 0.4) is 0 Å². The number of anilines is 1. The van der Waals surface area contributed by atoms with E-state index in [1.807, 2.05) is 25.1 Å². The summed E-state index contributed by atoms with van der Waals surface area (Å²) in [6.07, 6.45) is 0.946. The summed E-state index contributed by atoms with van der Waals surface area (Å²) in [5.41, 5.74) is 1.99. The molecule has 6 heteroatoms. The van der Waals surface area contributed by atoms with Crippen LogP contribution in [0.1, 0.15) is 42.8 Å². The summed E-state index contributed by atoms with van der Waals surface area (Å²) in [4.78, 5) is 4.24. The first kappa shape index (κ1) is 13.9. The maximum absolute atomic E-state index is 5.82. The molecule has 0 amide bonds. The number of para-hydroxylation sites is 1. The Morgan fingerprint density at radius 3 is 3.00 bits per heavy atom. The van der Waals surface area contributed by atoms with Crippen LogP contribution in [0.2, 0.25) is 0 Å². The average Bonchev–Trinajstić information content (AvgIpc) is 2.93. The summed E-state index contributed by atoms with van der Waals surface area (Å²) in [5, 5.41) is 7.18. The van der Waals surface area contributed by atoms with Crippen LogP contribution in [0.15, 0.2) is 22.7 Å². The third kappa shape index (κ3) is 2.71.